The first-order valence-corrected chi connectivity index (χ1v) is 8.64. The molecule has 0 aliphatic carbocycles. The van der Waals surface area contributed by atoms with Crippen LogP contribution >= 0.6 is 0 Å². The summed E-state index contributed by atoms with van der Waals surface area (Å²) in [7, 11) is 0. The van der Waals surface area contributed by atoms with Gasteiger partial charge < -0.3 is 9.88 Å². The molecule has 5 nitrogen and oxygen atoms in total. The number of likely N-dealkylation sites (tertiary alicyclic amines) is 1. The van der Waals surface area contributed by atoms with Crippen molar-refractivity contribution in [1.82, 2.24) is 14.9 Å². The Labute approximate surface area is 149 Å². The van der Waals surface area contributed by atoms with Crippen LogP contribution in [0.2, 0.25) is 0 Å². The van der Waals surface area contributed by atoms with Crippen LogP contribution in [0.15, 0.2) is 42.5 Å². The van der Waals surface area contributed by atoms with E-state index in [1.807, 2.05) is 24.3 Å². The lowest BCUT2D eigenvalue weighted by Crippen LogP contribution is -2.38. The van der Waals surface area contributed by atoms with Crippen molar-refractivity contribution in [3.63, 3.8) is 0 Å². The third-order valence-corrected chi connectivity index (χ3v) is 4.95. The maximum Gasteiger partial charge on any atom is 0.253 e. The molecular formula is C20H18FN3O2. The Bertz CT molecular complexity index is 941. The number of benzene rings is 2. The average molecular weight is 351 g/mol. The first kappa shape index (κ1) is 16.4. The Balaban J connectivity index is 1.45. The fraction of sp³-hybridized carbons (Fsp3) is 0.250. The van der Waals surface area contributed by atoms with Crippen molar-refractivity contribution in [3.05, 3.63) is 65.2 Å². The van der Waals surface area contributed by atoms with Gasteiger partial charge in [0, 0.05) is 24.6 Å². The third-order valence-electron chi connectivity index (χ3n) is 4.95. The average Bonchev–Trinajstić information content (AvgIpc) is 3.11. The van der Waals surface area contributed by atoms with Crippen LogP contribution in [0.5, 0.6) is 0 Å². The Morgan fingerprint density at radius 3 is 2.65 bits per heavy atom. The van der Waals surface area contributed by atoms with Gasteiger partial charge in [-0.3, -0.25) is 9.59 Å². The van der Waals surface area contributed by atoms with Gasteiger partial charge in [-0.15, -0.1) is 0 Å². The zero-order valence-corrected chi connectivity index (χ0v) is 14.1. The lowest BCUT2D eigenvalue weighted by Gasteiger charge is -2.31. The summed E-state index contributed by atoms with van der Waals surface area (Å²) in [4.78, 5) is 33.0. The molecule has 1 fully saturated rings. The second-order valence-corrected chi connectivity index (χ2v) is 6.56. The topological polar surface area (TPSA) is 66.1 Å². The molecule has 1 saturated heterocycles. The zero-order valence-electron chi connectivity index (χ0n) is 14.1. The number of amides is 1. The number of aromatic amines is 1. The van der Waals surface area contributed by atoms with E-state index in [9.17, 15) is 14.0 Å². The van der Waals surface area contributed by atoms with Gasteiger partial charge in [0.2, 0.25) is 0 Å². The summed E-state index contributed by atoms with van der Waals surface area (Å²) in [5, 5.41) is 0. The smallest absolute Gasteiger partial charge is 0.253 e. The molecule has 0 radical (unpaired) electrons. The van der Waals surface area contributed by atoms with Crippen molar-refractivity contribution in [2.24, 2.45) is 0 Å². The molecule has 4 rings (SSSR count). The maximum absolute atomic E-state index is 13.7. The Hall–Kier alpha value is -3.02. The number of rotatable bonds is 3. The molecule has 0 atom stereocenters. The molecular weight excluding hydrogens is 333 g/mol. The fourth-order valence-electron chi connectivity index (χ4n) is 3.46. The Kier molecular flexibility index (Phi) is 4.24. The highest BCUT2D eigenvalue weighted by molar-refractivity contribution is 5.95. The number of carbonyl (C=O) groups is 2. The highest BCUT2D eigenvalue weighted by Gasteiger charge is 2.26. The summed E-state index contributed by atoms with van der Waals surface area (Å²) in [5.41, 5.74) is 2.21. The van der Waals surface area contributed by atoms with Gasteiger partial charge in [-0.25, -0.2) is 9.37 Å². The number of H-pyrrole nitrogens is 1. The van der Waals surface area contributed by atoms with Crippen molar-refractivity contribution >= 4 is 23.2 Å². The summed E-state index contributed by atoms with van der Waals surface area (Å²) in [6, 6.07) is 11.9. The van der Waals surface area contributed by atoms with Crippen molar-refractivity contribution in [2.75, 3.05) is 13.1 Å². The predicted octanol–water partition coefficient (Wildman–Crippen LogP) is 3.53. The summed E-state index contributed by atoms with van der Waals surface area (Å²) >= 11 is 0. The molecule has 132 valence electrons. The second kappa shape index (κ2) is 6.71. The number of para-hydroxylation sites is 2. The number of carbonyl (C=O) groups excluding carboxylic acids is 2. The number of aromatic nitrogens is 2. The van der Waals surface area contributed by atoms with Gasteiger partial charge >= 0.3 is 0 Å². The molecule has 0 spiro atoms. The second-order valence-electron chi connectivity index (χ2n) is 6.56. The summed E-state index contributed by atoms with van der Waals surface area (Å²) in [5.74, 6) is 0.368. The lowest BCUT2D eigenvalue weighted by molar-refractivity contribution is 0.0710. The van der Waals surface area contributed by atoms with E-state index < -0.39 is 5.82 Å². The van der Waals surface area contributed by atoms with Gasteiger partial charge in [0.15, 0.2) is 6.29 Å². The van der Waals surface area contributed by atoms with E-state index in [1.165, 1.54) is 12.1 Å². The Morgan fingerprint density at radius 2 is 1.96 bits per heavy atom. The zero-order chi connectivity index (χ0) is 18.1. The van der Waals surface area contributed by atoms with Gasteiger partial charge in [0.25, 0.3) is 5.91 Å². The molecule has 0 saturated carbocycles. The van der Waals surface area contributed by atoms with Crippen LogP contribution in [-0.2, 0) is 0 Å². The molecule has 0 unspecified atom stereocenters. The van der Waals surface area contributed by atoms with Crippen molar-refractivity contribution in [2.45, 2.75) is 18.8 Å². The van der Waals surface area contributed by atoms with Crippen LogP contribution in [-0.4, -0.2) is 40.2 Å². The number of halogens is 1. The number of hydrogen-bond donors (Lipinski definition) is 1. The van der Waals surface area contributed by atoms with E-state index >= 15 is 0 Å². The largest absolute Gasteiger partial charge is 0.342 e. The normalized spacial score (nSPS) is 15.3. The highest BCUT2D eigenvalue weighted by atomic mass is 19.1. The molecule has 6 heteroatoms. The van der Waals surface area contributed by atoms with Crippen molar-refractivity contribution in [1.29, 1.82) is 0 Å². The summed E-state index contributed by atoms with van der Waals surface area (Å²) in [6.45, 7) is 1.19. The highest BCUT2D eigenvalue weighted by Crippen LogP contribution is 2.28. The minimum absolute atomic E-state index is 0.0369. The standard InChI is InChI=1S/C20H18FN3O2/c21-16-11-14(5-6-15(16)12-25)20(26)24-9-7-13(8-10-24)19-22-17-3-1-2-4-18(17)23-19/h1-6,11-13H,7-10H2,(H,22,23). The Morgan fingerprint density at radius 1 is 1.19 bits per heavy atom. The van der Waals surface area contributed by atoms with E-state index in [2.05, 4.69) is 9.97 Å². The number of nitrogens with zero attached hydrogens (tertiary/aromatic N) is 2. The maximum atomic E-state index is 13.7. The van der Waals surface area contributed by atoms with Crippen LogP contribution in [0.3, 0.4) is 0 Å². The molecule has 2 aromatic carbocycles. The molecule has 1 amide bonds. The monoisotopic (exact) mass is 351 g/mol. The summed E-state index contributed by atoms with van der Waals surface area (Å²) in [6.07, 6.45) is 2.06. The van der Waals surface area contributed by atoms with E-state index in [-0.39, 0.29) is 23.0 Å². The molecule has 1 aliphatic heterocycles. The van der Waals surface area contributed by atoms with Crippen LogP contribution in [0.4, 0.5) is 4.39 Å². The molecule has 1 aromatic heterocycles. The van der Waals surface area contributed by atoms with Crippen molar-refractivity contribution < 1.29 is 14.0 Å². The van der Waals surface area contributed by atoms with Gasteiger partial charge in [0.05, 0.1) is 16.6 Å². The van der Waals surface area contributed by atoms with Gasteiger partial charge in [0.1, 0.15) is 11.6 Å². The molecule has 0 bridgehead atoms. The van der Waals surface area contributed by atoms with E-state index in [0.29, 0.717) is 19.4 Å². The number of nitrogens with one attached hydrogen (secondary N) is 1. The first-order chi connectivity index (χ1) is 12.7. The first-order valence-electron chi connectivity index (χ1n) is 8.64. The fourth-order valence-corrected chi connectivity index (χ4v) is 3.46. The van der Waals surface area contributed by atoms with Crippen molar-refractivity contribution in [3.8, 4) is 0 Å². The third kappa shape index (κ3) is 2.98. The van der Waals surface area contributed by atoms with Crippen LogP contribution in [0, 0.1) is 5.82 Å². The number of imidazole rings is 1. The van der Waals surface area contributed by atoms with E-state index in [0.717, 1.165) is 35.8 Å². The SMILES string of the molecule is O=Cc1ccc(C(=O)N2CCC(c3nc4ccccc4[nH]3)CC2)cc1F. The molecule has 2 heterocycles. The van der Waals surface area contributed by atoms with E-state index in [1.54, 1.807) is 4.90 Å². The predicted molar refractivity (Wildman–Crippen MR) is 95.8 cm³/mol. The number of fused-ring (bicyclic) bond motifs is 1. The number of hydrogen-bond acceptors (Lipinski definition) is 3. The van der Waals surface area contributed by atoms with Gasteiger partial charge in [-0.05, 0) is 43.2 Å². The molecule has 1 N–H and O–H groups in total. The summed E-state index contributed by atoms with van der Waals surface area (Å²) < 4.78 is 13.7. The number of aldehydes is 1. The quantitative estimate of drug-likeness (QED) is 0.734. The molecule has 3 aromatic rings. The van der Waals surface area contributed by atoms with Crippen LogP contribution in [0.1, 0.15) is 45.3 Å². The minimum atomic E-state index is -0.664. The molecule has 1 aliphatic rings. The number of piperidine rings is 1. The van der Waals surface area contributed by atoms with E-state index in [4.69, 9.17) is 0 Å². The van der Waals surface area contributed by atoms with Crippen LogP contribution < -0.4 is 0 Å². The van der Waals surface area contributed by atoms with Crippen LogP contribution in [0.25, 0.3) is 11.0 Å². The molecule has 26 heavy (non-hydrogen) atoms. The lowest BCUT2D eigenvalue weighted by atomic mass is 9.95. The minimum Gasteiger partial charge on any atom is -0.342 e. The van der Waals surface area contributed by atoms with Gasteiger partial charge in [-0.2, -0.15) is 0 Å². The van der Waals surface area contributed by atoms with Gasteiger partial charge in [-0.1, -0.05) is 12.1 Å².